The first-order valence-electron chi connectivity index (χ1n) is 5.75. The molecule has 0 saturated heterocycles. The lowest BCUT2D eigenvalue weighted by molar-refractivity contribution is 0.0869. The van der Waals surface area contributed by atoms with Crippen molar-refractivity contribution in [3.8, 4) is 0 Å². The van der Waals surface area contributed by atoms with E-state index in [2.05, 4.69) is 0 Å². The average Bonchev–Trinajstić information content (AvgIpc) is 2.38. The molecule has 0 radical (unpaired) electrons. The standard InChI is InChI=1S/C14H16N2O2/c15-14(16)8-6-12(7-9-14)18-10-13(17)11-4-2-1-3-5-11/h1-8H,9-10,15-16H2. The fourth-order valence-corrected chi connectivity index (χ4v) is 1.61. The zero-order valence-electron chi connectivity index (χ0n) is 10.0. The van der Waals surface area contributed by atoms with Gasteiger partial charge in [-0.25, -0.2) is 0 Å². The van der Waals surface area contributed by atoms with E-state index in [1.807, 2.05) is 18.2 Å². The van der Waals surface area contributed by atoms with Crippen LogP contribution in [-0.4, -0.2) is 18.1 Å². The maximum absolute atomic E-state index is 11.8. The number of rotatable bonds is 4. The Morgan fingerprint density at radius 3 is 2.61 bits per heavy atom. The Morgan fingerprint density at radius 2 is 2.00 bits per heavy atom. The molecule has 0 aliphatic heterocycles. The molecule has 0 saturated carbocycles. The Balaban J connectivity index is 1.89. The van der Waals surface area contributed by atoms with E-state index in [-0.39, 0.29) is 12.4 Å². The van der Waals surface area contributed by atoms with Crippen LogP contribution < -0.4 is 11.5 Å². The van der Waals surface area contributed by atoms with Crippen LogP contribution in [0.4, 0.5) is 0 Å². The van der Waals surface area contributed by atoms with Crippen LogP contribution in [0.25, 0.3) is 0 Å². The highest BCUT2D eigenvalue weighted by Crippen LogP contribution is 2.15. The summed E-state index contributed by atoms with van der Waals surface area (Å²) in [5.74, 6) is 0.577. The number of benzene rings is 1. The van der Waals surface area contributed by atoms with Gasteiger partial charge in [-0.2, -0.15) is 0 Å². The van der Waals surface area contributed by atoms with E-state index in [4.69, 9.17) is 16.2 Å². The smallest absolute Gasteiger partial charge is 0.200 e. The van der Waals surface area contributed by atoms with Crippen molar-refractivity contribution in [1.29, 1.82) is 0 Å². The van der Waals surface area contributed by atoms with Crippen LogP contribution in [0, 0.1) is 0 Å². The molecule has 1 aliphatic carbocycles. The first kappa shape index (κ1) is 12.5. The van der Waals surface area contributed by atoms with Gasteiger partial charge in [0.2, 0.25) is 0 Å². The van der Waals surface area contributed by atoms with Crippen molar-refractivity contribution in [2.45, 2.75) is 12.1 Å². The molecule has 0 aromatic heterocycles. The molecule has 2 rings (SSSR count). The molecular formula is C14H16N2O2. The van der Waals surface area contributed by atoms with Gasteiger partial charge in [0.25, 0.3) is 0 Å². The van der Waals surface area contributed by atoms with Crippen LogP contribution in [0.2, 0.25) is 0 Å². The summed E-state index contributed by atoms with van der Waals surface area (Å²) in [5, 5.41) is 0. The summed E-state index contributed by atoms with van der Waals surface area (Å²) < 4.78 is 5.41. The minimum Gasteiger partial charge on any atom is -0.486 e. The topological polar surface area (TPSA) is 78.3 Å². The molecule has 0 heterocycles. The van der Waals surface area contributed by atoms with Crippen molar-refractivity contribution in [2.75, 3.05) is 6.61 Å². The summed E-state index contributed by atoms with van der Waals surface area (Å²) in [4.78, 5) is 11.8. The maximum Gasteiger partial charge on any atom is 0.200 e. The molecule has 1 aromatic carbocycles. The molecule has 1 aromatic rings. The number of Topliss-reactive ketones (excluding diaryl/α,β-unsaturated/α-hetero) is 1. The predicted molar refractivity (Wildman–Crippen MR) is 69.7 cm³/mol. The molecule has 0 atom stereocenters. The van der Waals surface area contributed by atoms with Gasteiger partial charge in [0.05, 0.1) is 5.66 Å². The van der Waals surface area contributed by atoms with Crippen molar-refractivity contribution in [1.82, 2.24) is 0 Å². The lowest BCUT2D eigenvalue weighted by atomic mass is 10.0. The van der Waals surface area contributed by atoms with Gasteiger partial charge in [0, 0.05) is 12.0 Å². The van der Waals surface area contributed by atoms with E-state index in [1.54, 1.807) is 30.4 Å². The van der Waals surface area contributed by atoms with Crippen LogP contribution in [-0.2, 0) is 4.74 Å². The van der Waals surface area contributed by atoms with E-state index in [9.17, 15) is 4.79 Å². The Kier molecular flexibility index (Phi) is 3.60. The SMILES string of the molecule is NC1(N)C=CC(OCC(=O)c2ccccc2)=CC1. The number of carbonyl (C=O) groups excluding carboxylic acids is 1. The van der Waals surface area contributed by atoms with Gasteiger partial charge in [-0.05, 0) is 18.2 Å². The fraction of sp³-hybridized carbons (Fsp3) is 0.214. The molecule has 0 amide bonds. The minimum absolute atomic E-state index is 0.0162. The van der Waals surface area contributed by atoms with E-state index in [1.165, 1.54) is 0 Å². The Hall–Kier alpha value is -1.91. The summed E-state index contributed by atoms with van der Waals surface area (Å²) in [6.07, 6.45) is 5.66. The zero-order valence-corrected chi connectivity index (χ0v) is 10.0. The molecule has 4 heteroatoms. The minimum atomic E-state index is -0.809. The monoisotopic (exact) mass is 244 g/mol. The van der Waals surface area contributed by atoms with Gasteiger partial charge < -0.3 is 16.2 Å². The molecule has 4 nitrogen and oxygen atoms in total. The number of hydrogen-bond donors (Lipinski definition) is 2. The second kappa shape index (κ2) is 5.16. The molecule has 0 spiro atoms. The van der Waals surface area contributed by atoms with Gasteiger partial charge in [-0.15, -0.1) is 0 Å². The first-order valence-corrected chi connectivity index (χ1v) is 5.75. The highest BCUT2D eigenvalue weighted by molar-refractivity contribution is 5.97. The van der Waals surface area contributed by atoms with Gasteiger partial charge in [0.1, 0.15) is 5.76 Å². The number of hydrogen-bond acceptors (Lipinski definition) is 4. The summed E-state index contributed by atoms with van der Waals surface area (Å²) in [6.45, 7) is 0.0162. The molecule has 18 heavy (non-hydrogen) atoms. The second-order valence-electron chi connectivity index (χ2n) is 4.33. The number of allylic oxidation sites excluding steroid dienone is 1. The number of nitrogens with two attached hydrogens (primary N) is 2. The van der Waals surface area contributed by atoms with E-state index < -0.39 is 5.66 Å². The lowest BCUT2D eigenvalue weighted by Gasteiger charge is -2.22. The van der Waals surface area contributed by atoms with Crippen LogP contribution in [0.1, 0.15) is 16.8 Å². The maximum atomic E-state index is 11.8. The third-order valence-corrected chi connectivity index (χ3v) is 2.68. The first-order chi connectivity index (χ1) is 8.57. The predicted octanol–water partition coefficient (Wildman–Crippen LogP) is 1.34. The third kappa shape index (κ3) is 3.29. The van der Waals surface area contributed by atoms with E-state index in [0.717, 1.165) is 0 Å². The van der Waals surface area contributed by atoms with Gasteiger partial charge in [-0.3, -0.25) is 4.79 Å². The summed E-state index contributed by atoms with van der Waals surface area (Å²) in [5.41, 5.74) is 11.3. The van der Waals surface area contributed by atoms with E-state index >= 15 is 0 Å². The highest BCUT2D eigenvalue weighted by atomic mass is 16.5. The van der Waals surface area contributed by atoms with E-state index in [0.29, 0.717) is 17.7 Å². The Bertz CT molecular complexity index is 490. The van der Waals surface area contributed by atoms with Crippen LogP contribution >= 0.6 is 0 Å². The summed E-state index contributed by atoms with van der Waals surface area (Å²) >= 11 is 0. The fourth-order valence-electron chi connectivity index (χ4n) is 1.61. The molecular weight excluding hydrogens is 228 g/mol. The van der Waals surface area contributed by atoms with Crippen LogP contribution in [0.5, 0.6) is 0 Å². The van der Waals surface area contributed by atoms with Crippen molar-refractivity contribution < 1.29 is 9.53 Å². The van der Waals surface area contributed by atoms with Crippen LogP contribution in [0.15, 0.2) is 54.3 Å². The molecule has 0 unspecified atom stereocenters. The van der Waals surface area contributed by atoms with Crippen molar-refractivity contribution in [3.63, 3.8) is 0 Å². The third-order valence-electron chi connectivity index (χ3n) is 2.68. The second-order valence-corrected chi connectivity index (χ2v) is 4.33. The average molecular weight is 244 g/mol. The summed E-state index contributed by atoms with van der Waals surface area (Å²) in [6, 6.07) is 9.05. The van der Waals surface area contributed by atoms with Gasteiger partial charge >= 0.3 is 0 Å². The normalized spacial score (nSPS) is 17.1. The number of carbonyl (C=O) groups is 1. The lowest BCUT2D eigenvalue weighted by Crippen LogP contribution is -2.47. The van der Waals surface area contributed by atoms with Crippen LogP contribution in [0.3, 0.4) is 0 Å². The zero-order chi connectivity index (χ0) is 13.0. The van der Waals surface area contributed by atoms with Gasteiger partial charge in [-0.1, -0.05) is 30.3 Å². The quantitative estimate of drug-likeness (QED) is 0.619. The Labute approximate surface area is 106 Å². The van der Waals surface area contributed by atoms with Crippen molar-refractivity contribution in [3.05, 3.63) is 59.9 Å². The molecule has 1 aliphatic rings. The summed E-state index contributed by atoms with van der Waals surface area (Å²) in [7, 11) is 0. The molecule has 0 bridgehead atoms. The largest absolute Gasteiger partial charge is 0.486 e. The Morgan fingerprint density at radius 1 is 1.28 bits per heavy atom. The molecule has 0 fully saturated rings. The highest BCUT2D eigenvalue weighted by Gasteiger charge is 2.17. The molecule has 4 N–H and O–H groups in total. The van der Waals surface area contributed by atoms with Gasteiger partial charge in [0.15, 0.2) is 12.4 Å². The number of ether oxygens (including phenoxy) is 1. The van der Waals surface area contributed by atoms with Crippen molar-refractivity contribution in [2.24, 2.45) is 11.5 Å². The number of ketones is 1. The molecule has 94 valence electrons. The van der Waals surface area contributed by atoms with Crippen molar-refractivity contribution >= 4 is 5.78 Å².